The van der Waals surface area contributed by atoms with Crippen LogP contribution in [0.3, 0.4) is 0 Å². The molecular formula is C54H74F3N5. The van der Waals surface area contributed by atoms with Crippen molar-refractivity contribution < 1.29 is 13.2 Å². The normalized spacial score (nSPS) is 17.0. The second kappa shape index (κ2) is 19.7. The molecule has 2 aliphatic rings. The summed E-state index contributed by atoms with van der Waals surface area (Å²) >= 11 is 0. The van der Waals surface area contributed by atoms with Crippen molar-refractivity contribution in [2.24, 2.45) is 11.3 Å². The van der Waals surface area contributed by atoms with Crippen LogP contribution in [0.4, 0.5) is 13.2 Å². The van der Waals surface area contributed by atoms with E-state index in [-0.39, 0.29) is 23.4 Å². The second-order valence-electron chi connectivity index (χ2n) is 20.0. The Hall–Kier alpha value is -4.14. The summed E-state index contributed by atoms with van der Waals surface area (Å²) in [5.74, 6) is 0.768. The van der Waals surface area contributed by atoms with Crippen LogP contribution in [0, 0.1) is 18.3 Å². The molecule has 2 unspecified atom stereocenters. The van der Waals surface area contributed by atoms with Crippen LogP contribution in [-0.2, 0) is 19.4 Å². The molecule has 3 heterocycles. The number of benzene rings is 2. The van der Waals surface area contributed by atoms with E-state index in [0.717, 1.165) is 113 Å². The monoisotopic (exact) mass is 850 g/mol. The molecule has 0 spiro atoms. The van der Waals surface area contributed by atoms with Gasteiger partial charge in [0, 0.05) is 46.5 Å². The van der Waals surface area contributed by atoms with Crippen LogP contribution in [0.15, 0.2) is 85.7 Å². The number of rotatable bonds is 20. The first kappa shape index (κ1) is 47.3. The Morgan fingerprint density at radius 2 is 1.69 bits per heavy atom. The zero-order valence-corrected chi connectivity index (χ0v) is 39.2. The highest BCUT2D eigenvalue weighted by Gasteiger charge is 2.36. The fraction of sp³-hybridized carbons (Fsp3) is 0.537. The van der Waals surface area contributed by atoms with Crippen molar-refractivity contribution in [2.45, 2.75) is 156 Å². The minimum atomic E-state index is -4.43. The highest BCUT2D eigenvalue weighted by atomic mass is 19.4. The maximum Gasteiger partial charge on any atom is 0.406 e. The SMILES string of the molecule is C=CC(Cc1cc(C)cc(-c2ccc3c(c2)c(CC(C)(C)CCC(=C)C)c(-c2cc(C4CCN(C5CC5)CC4)cnc2C(C)CC)n3CC(F)(F)F)c1)NC(=C)[C@@H](NC)C(C)C. The van der Waals surface area contributed by atoms with Gasteiger partial charge in [-0.3, -0.25) is 4.98 Å². The number of halogens is 3. The van der Waals surface area contributed by atoms with Gasteiger partial charge in [-0.15, -0.1) is 13.2 Å². The zero-order valence-electron chi connectivity index (χ0n) is 39.2. The van der Waals surface area contributed by atoms with Crippen LogP contribution in [0.5, 0.6) is 0 Å². The minimum absolute atomic E-state index is 0.0314. The number of nitrogens with one attached hydrogen (secondary N) is 2. The average molecular weight is 850 g/mol. The molecule has 4 aromatic rings. The van der Waals surface area contributed by atoms with Gasteiger partial charge in [0.15, 0.2) is 0 Å². The second-order valence-corrected chi connectivity index (χ2v) is 20.0. The topological polar surface area (TPSA) is 45.1 Å². The molecule has 2 aromatic carbocycles. The number of hydrogen-bond acceptors (Lipinski definition) is 4. The summed E-state index contributed by atoms with van der Waals surface area (Å²) in [6, 6.07) is 15.8. The summed E-state index contributed by atoms with van der Waals surface area (Å²) < 4.78 is 46.6. The van der Waals surface area contributed by atoms with Crippen LogP contribution in [0.25, 0.3) is 33.3 Å². The molecule has 0 radical (unpaired) electrons. The molecule has 3 atom stereocenters. The fourth-order valence-electron chi connectivity index (χ4n) is 9.91. The van der Waals surface area contributed by atoms with Crippen molar-refractivity contribution in [3.05, 3.63) is 114 Å². The molecule has 1 saturated carbocycles. The van der Waals surface area contributed by atoms with Gasteiger partial charge in [0.25, 0.3) is 0 Å². The number of likely N-dealkylation sites (N-methyl/N-ethyl adjacent to an activating group) is 1. The Morgan fingerprint density at radius 3 is 2.29 bits per heavy atom. The number of hydrogen-bond donors (Lipinski definition) is 2. The van der Waals surface area contributed by atoms with Crippen molar-refractivity contribution in [2.75, 3.05) is 20.1 Å². The van der Waals surface area contributed by atoms with Gasteiger partial charge in [-0.1, -0.05) is 89.6 Å². The summed E-state index contributed by atoms with van der Waals surface area (Å²) in [4.78, 5) is 7.81. The molecule has 62 heavy (non-hydrogen) atoms. The number of aryl methyl sites for hydroxylation is 1. The summed E-state index contributed by atoms with van der Waals surface area (Å²) in [5, 5.41) is 7.86. The van der Waals surface area contributed by atoms with Gasteiger partial charge in [-0.05, 0) is 161 Å². The number of fused-ring (bicyclic) bond motifs is 1. The first-order chi connectivity index (χ1) is 29.3. The third-order valence-electron chi connectivity index (χ3n) is 13.7. The molecular weight excluding hydrogens is 776 g/mol. The van der Waals surface area contributed by atoms with Crippen molar-refractivity contribution in [1.29, 1.82) is 0 Å². The van der Waals surface area contributed by atoms with Crippen LogP contribution in [-0.4, -0.2) is 58.9 Å². The Bertz CT molecular complexity index is 2210. The Labute approximate surface area is 371 Å². The van der Waals surface area contributed by atoms with Gasteiger partial charge in [0.1, 0.15) is 6.54 Å². The van der Waals surface area contributed by atoms with Crippen LogP contribution < -0.4 is 10.6 Å². The van der Waals surface area contributed by atoms with Crippen molar-refractivity contribution >= 4 is 10.9 Å². The van der Waals surface area contributed by atoms with E-state index in [1.807, 2.05) is 31.5 Å². The fourth-order valence-corrected chi connectivity index (χ4v) is 9.91. The van der Waals surface area contributed by atoms with Gasteiger partial charge in [0.05, 0.1) is 11.4 Å². The number of allylic oxidation sites excluding steroid dienone is 1. The largest absolute Gasteiger partial charge is 0.406 e. The molecule has 2 aromatic heterocycles. The van der Waals surface area contributed by atoms with Crippen LogP contribution >= 0.6 is 0 Å². The van der Waals surface area contributed by atoms with Crippen molar-refractivity contribution in [3.8, 4) is 22.4 Å². The molecule has 0 amide bonds. The number of likely N-dealkylation sites (tertiary alicyclic amines) is 1. The standard InChI is InChI=1S/C54H74F3N5/c1-13-37(8)51-47(30-43(32-59-51)40-20-23-61(24-21-40)45-16-17-45)52-48(31-53(10,11)22-19-34(3)4)46-29-41(15-18-49(46)62(52)33-54(55,56)57)42-26-36(7)25-39(27-42)28-44(14-2)60-38(9)50(58-12)35(5)6/h14-15,18,25-27,29-30,32,35,37,40,44-45,50,58,60H,2-3,9,13,16-17,19-24,28,31,33H2,1,4-8,10-12H3/t37?,44?,50-/m0/s1. The number of aromatic nitrogens is 2. The van der Waals surface area contributed by atoms with E-state index in [4.69, 9.17) is 4.98 Å². The first-order valence-corrected chi connectivity index (χ1v) is 23.3. The van der Waals surface area contributed by atoms with E-state index >= 15 is 13.2 Å². The van der Waals surface area contributed by atoms with Crippen LogP contribution in [0.1, 0.15) is 133 Å². The quantitative estimate of drug-likeness (QED) is 0.0870. The number of alkyl halides is 3. The maximum atomic E-state index is 15.0. The molecule has 2 N–H and O–H groups in total. The molecule has 0 bridgehead atoms. The molecule has 6 rings (SSSR count). The van der Waals surface area contributed by atoms with Crippen molar-refractivity contribution in [1.82, 2.24) is 25.1 Å². The van der Waals surface area contributed by atoms with Crippen molar-refractivity contribution in [3.63, 3.8) is 0 Å². The molecule has 1 aliphatic carbocycles. The van der Waals surface area contributed by atoms with Gasteiger partial charge < -0.3 is 20.1 Å². The molecule has 5 nitrogen and oxygen atoms in total. The van der Waals surface area contributed by atoms with E-state index in [1.54, 1.807) is 4.57 Å². The molecule has 336 valence electrons. The predicted molar refractivity (Wildman–Crippen MR) is 256 cm³/mol. The number of pyridine rings is 1. The van der Waals surface area contributed by atoms with Gasteiger partial charge in [-0.25, -0.2) is 0 Å². The molecule has 1 aliphatic heterocycles. The van der Waals surface area contributed by atoms with E-state index in [0.29, 0.717) is 35.9 Å². The van der Waals surface area contributed by atoms with Gasteiger partial charge in [-0.2, -0.15) is 13.2 Å². The van der Waals surface area contributed by atoms with E-state index < -0.39 is 12.7 Å². The smallest absolute Gasteiger partial charge is 0.381 e. The summed E-state index contributed by atoms with van der Waals surface area (Å²) in [7, 11) is 1.96. The highest BCUT2D eigenvalue weighted by Crippen LogP contribution is 2.45. The summed E-state index contributed by atoms with van der Waals surface area (Å²) in [6.07, 6.45) is 8.11. The lowest BCUT2D eigenvalue weighted by Crippen LogP contribution is -2.41. The third kappa shape index (κ3) is 11.5. The molecule has 1 saturated heterocycles. The Balaban J connectivity index is 1.52. The lowest BCUT2D eigenvalue weighted by atomic mass is 9.79. The number of piperidine rings is 1. The average Bonchev–Trinajstić information content (AvgIpc) is 4.03. The Morgan fingerprint density at radius 1 is 0.984 bits per heavy atom. The maximum absolute atomic E-state index is 15.0. The number of nitrogens with zero attached hydrogens (tertiary/aromatic N) is 3. The molecule has 8 heteroatoms. The van der Waals surface area contributed by atoms with E-state index in [2.05, 4.69) is 121 Å². The van der Waals surface area contributed by atoms with Gasteiger partial charge >= 0.3 is 6.18 Å². The van der Waals surface area contributed by atoms with Gasteiger partial charge in [0.2, 0.25) is 0 Å². The van der Waals surface area contributed by atoms with Crippen LogP contribution in [0.2, 0.25) is 0 Å². The zero-order chi connectivity index (χ0) is 45.1. The summed E-state index contributed by atoms with van der Waals surface area (Å²) in [5.41, 5.74) is 11.2. The Kier molecular flexibility index (Phi) is 15.1. The minimum Gasteiger partial charge on any atom is -0.381 e. The molecule has 2 fully saturated rings. The lowest BCUT2D eigenvalue weighted by Gasteiger charge is -2.32. The third-order valence-corrected chi connectivity index (χ3v) is 13.7. The van der Waals surface area contributed by atoms with E-state index in [9.17, 15) is 0 Å². The van der Waals surface area contributed by atoms with E-state index in [1.165, 1.54) is 12.8 Å². The highest BCUT2D eigenvalue weighted by molar-refractivity contribution is 5.95. The lowest BCUT2D eigenvalue weighted by molar-refractivity contribution is -0.139. The summed E-state index contributed by atoms with van der Waals surface area (Å²) in [6.45, 7) is 31.1. The predicted octanol–water partition coefficient (Wildman–Crippen LogP) is 13.5. The first-order valence-electron chi connectivity index (χ1n) is 23.3.